The van der Waals surface area contributed by atoms with Crippen molar-refractivity contribution in [1.29, 1.82) is 0 Å². The van der Waals surface area contributed by atoms with Gasteiger partial charge in [-0.3, -0.25) is 4.98 Å². The second-order valence-corrected chi connectivity index (χ2v) is 13.0. The van der Waals surface area contributed by atoms with Crippen LogP contribution in [0.3, 0.4) is 0 Å². The summed E-state index contributed by atoms with van der Waals surface area (Å²) in [7, 11) is -3.60. The van der Waals surface area contributed by atoms with Crippen LogP contribution in [0.2, 0.25) is 0 Å². The highest BCUT2D eigenvalue weighted by Gasteiger charge is 2.71. The molecule has 9 heteroatoms. The van der Waals surface area contributed by atoms with Crippen LogP contribution < -0.4 is 0 Å². The monoisotopic (exact) mass is 530 g/mol. The standard InChI is InChI=1S/C28H23FN4O2S2/c1-18-11-25-20(13-31-33(25)22-9-7-21(29)8-10-22)12-23(18)28-16-32(37(34,35)26-14-30-17-36-26)15-24(28)27(28)19-5-3-2-4-6-19/h2-14,17,24,27H,15-16H2,1H3/t24-,27-,28+/m0/s1. The summed E-state index contributed by atoms with van der Waals surface area (Å²) in [5.41, 5.74) is 6.47. The Balaban J connectivity index is 1.34. The number of hydrogen-bond acceptors (Lipinski definition) is 5. The van der Waals surface area contributed by atoms with Gasteiger partial charge in [-0.2, -0.15) is 9.40 Å². The number of thiazole rings is 1. The van der Waals surface area contributed by atoms with Crippen LogP contribution in [0, 0.1) is 18.7 Å². The second-order valence-electron chi connectivity index (χ2n) is 9.91. The number of nitrogens with zero attached hydrogens (tertiary/aromatic N) is 4. The average molecular weight is 531 g/mol. The topological polar surface area (TPSA) is 68.1 Å². The van der Waals surface area contributed by atoms with Crippen molar-refractivity contribution < 1.29 is 12.8 Å². The molecule has 0 N–H and O–H groups in total. The Labute approximate surface area is 218 Å². The number of piperidine rings is 1. The van der Waals surface area contributed by atoms with Crippen molar-refractivity contribution in [3.05, 3.63) is 107 Å². The first-order chi connectivity index (χ1) is 17.9. The first kappa shape index (κ1) is 22.8. The van der Waals surface area contributed by atoms with Gasteiger partial charge >= 0.3 is 0 Å². The maximum atomic E-state index is 13.5. The molecule has 186 valence electrons. The summed E-state index contributed by atoms with van der Waals surface area (Å²) < 4.78 is 44.1. The predicted octanol–water partition coefficient (Wildman–Crippen LogP) is 5.29. The molecule has 0 unspecified atom stereocenters. The van der Waals surface area contributed by atoms with E-state index in [0.717, 1.165) is 33.5 Å². The number of fused-ring (bicyclic) bond motifs is 2. The number of aryl methyl sites for hydroxylation is 1. The highest BCUT2D eigenvalue weighted by Crippen LogP contribution is 2.70. The van der Waals surface area contributed by atoms with Crippen LogP contribution in [-0.4, -0.2) is 40.6 Å². The van der Waals surface area contributed by atoms with Crippen LogP contribution in [0.1, 0.15) is 22.6 Å². The summed E-state index contributed by atoms with van der Waals surface area (Å²) in [6.07, 6.45) is 3.26. The number of hydrogen-bond donors (Lipinski definition) is 0. The van der Waals surface area contributed by atoms with Crippen molar-refractivity contribution in [2.45, 2.75) is 22.5 Å². The molecule has 1 saturated heterocycles. The predicted molar refractivity (Wildman–Crippen MR) is 141 cm³/mol. The van der Waals surface area contributed by atoms with Crippen molar-refractivity contribution >= 4 is 32.3 Å². The Morgan fingerprint density at radius 1 is 1.05 bits per heavy atom. The summed E-state index contributed by atoms with van der Waals surface area (Å²) in [6, 6.07) is 21.0. The van der Waals surface area contributed by atoms with Gasteiger partial charge in [0.2, 0.25) is 0 Å². The first-order valence-corrected chi connectivity index (χ1v) is 14.4. The quantitative estimate of drug-likeness (QED) is 0.310. The van der Waals surface area contributed by atoms with Crippen LogP contribution >= 0.6 is 11.3 Å². The SMILES string of the molecule is Cc1cc2c(cnn2-c2ccc(F)cc2)cc1[C@]12CN(S(=O)(=O)c3cncs3)C[C@H]1[C@@H]2c1ccccc1. The normalized spacial score (nSPS) is 23.4. The molecule has 6 nitrogen and oxygen atoms in total. The molecule has 0 radical (unpaired) electrons. The molecule has 1 saturated carbocycles. The summed E-state index contributed by atoms with van der Waals surface area (Å²) in [4.78, 5) is 3.99. The Morgan fingerprint density at radius 3 is 2.57 bits per heavy atom. The molecule has 0 bridgehead atoms. The largest absolute Gasteiger partial charge is 0.254 e. The molecule has 7 rings (SSSR count). The van der Waals surface area contributed by atoms with Crippen molar-refractivity contribution in [3.63, 3.8) is 0 Å². The number of halogens is 1. The van der Waals surface area contributed by atoms with Gasteiger partial charge in [-0.05, 0) is 65.9 Å². The zero-order valence-corrected chi connectivity index (χ0v) is 21.6. The van der Waals surface area contributed by atoms with E-state index in [4.69, 9.17) is 0 Å². The fourth-order valence-electron chi connectivity index (χ4n) is 6.33. The lowest BCUT2D eigenvalue weighted by Gasteiger charge is -2.25. The van der Waals surface area contributed by atoms with E-state index in [1.165, 1.54) is 29.5 Å². The van der Waals surface area contributed by atoms with Gasteiger partial charge in [0, 0.05) is 29.8 Å². The van der Waals surface area contributed by atoms with Crippen LogP contribution in [0.15, 0.2) is 88.8 Å². The lowest BCUT2D eigenvalue weighted by molar-refractivity contribution is 0.422. The van der Waals surface area contributed by atoms with Crippen molar-refractivity contribution in [2.24, 2.45) is 5.92 Å². The molecule has 5 aromatic rings. The maximum Gasteiger partial charge on any atom is 0.254 e. The van der Waals surface area contributed by atoms with Gasteiger partial charge in [0.25, 0.3) is 10.0 Å². The Morgan fingerprint density at radius 2 is 1.84 bits per heavy atom. The third-order valence-corrected chi connectivity index (χ3v) is 11.1. The van der Waals surface area contributed by atoms with Gasteiger partial charge in [-0.25, -0.2) is 17.5 Å². The van der Waals surface area contributed by atoms with E-state index in [9.17, 15) is 12.8 Å². The zero-order chi connectivity index (χ0) is 25.4. The lowest BCUT2D eigenvalue weighted by Crippen LogP contribution is -2.34. The van der Waals surface area contributed by atoms with E-state index < -0.39 is 10.0 Å². The lowest BCUT2D eigenvalue weighted by atomic mass is 9.87. The van der Waals surface area contributed by atoms with E-state index in [0.29, 0.717) is 13.1 Å². The molecule has 2 aromatic heterocycles. The third-order valence-electron chi connectivity index (χ3n) is 8.00. The van der Waals surface area contributed by atoms with Gasteiger partial charge in [0.15, 0.2) is 4.21 Å². The summed E-state index contributed by atoms with van der Waals surface area (Å²) in [5, 5.41) is 5.56. The molecule has 1 aliphatic carbocycles. The van der Waals surface area contributed by atoms with Crippen molar-refractivity contribution in [1.82, 2.24) is 19.1 Å². The van der Waals surface area contributed by atoms with Gasteiger partial charge in [-0.1, -0.05) is 30.3 Å². The molecule has 3 aromatic carbocycles. The molecule has 2 fully saturated rings. The van der Waals surface area contributed by atoms with Gasteiger partial charge in [0.05, 0.1) is 29.1 Å². The highest BCUT2D eigenvalue weighted by atomic mass is 32.2. The first-order valence-electron chi connectivity index (χ1n) is 12.1. The fourth-order valence-corrected chi connectivity index (χ4v) is 8.80. The van der Waals surface area contributed by atoms with E-state index in [1.807, 2.05) is 29.1 Å². The van der Waals surface area contributed by atoms with Crippen molar-refractivity contribution in [3.8, 4) is 5.69 Å². The number of rotatable bonds is 5. The minimum Gasteiger partial charge on any atom is -0.252 e. The molecule has 0 amide bonds. The zero-order valence-electron chi connectivity index (χ0n) is 20.0. The molecule has 37 heavy (non-hydrogen) atoms. The minimum absolute atomic E-state index is 0.181. The minimum atomic E-state index is -3.60. The maximum absolute atomic E-state index is 13.5. The molecular weight excluding hydrogens is 507 g/mol. The van der Waals surface area contributed by atoms with Crippen LogP contribution in [0.4, 0.5) is 4.39 Å². The third kappa shape index (κ3) is 3.34. The molecule has 0 spiro atoms. The Hall–Kier alpha value is -3.40. The van der Waals surface area contributed by atoms with Crippen LogP contribution in [0.25, 0.3) is 16.6 Å². The van der Waals surface area contributed by atoms with Gasteiger partial charge < -0.3 is 0 Å². The van der Waals surface area contributed by atoms with E-state index in [-0.39, 0.29) is 27.3 Å². The van der Waals surface area contributed by atoms with E-state index in [1.54, 1.807) is 21.9 Å². The van der Waals surface area contributed by atoms with Crippen LogP contribution in [-0.2, 0) is 15.4 Å². The Kier molecular flexibility index (Phi) is 4.95. The molecule has 1 aliphatic heterocycles. The highest BCUT2D eigenvalue weighted by molar-refractivity contribution is 7.91. The smallest absolute Gasteiger partial charge is 0.252 e. The Bertz CT molecular complexity index is 1730. The molecule has 2 aliphatic rings. The van der Waals surface area contributed by atoms with Gasteiger partial charge in [0.1, 0.15) is 5.82 Å². The summed E-state index contributed by atoms with van der Waals surface area (Å²) in [6.45, 7) is 2.99. The molecule has 3 atom stereocenters. The number of benzene rings is 3. The fraction of sp³-hybridized carbons (Fsp3) is 0.214. The van der Waals surface area contributed by atoms with Crippen molar-refractivity contribution in [2.75, 3.05) is 13.1 Å². The van der Waals surface area contributed by atoms with Crippen LogP contribution in [0.5, 0.6) is 0 Å². The van der Waals surface area contributed by atoms with E-state index >= 15 is 0 Å². The summed E-state index contributed by atoms with van der Waals surface area (Å²) >= 11 is 1.16. The average Bonchev–Trinajstić information content (AvgIpc) is 3.41. The number of sulfonamides is 1. The molecule has 3 heterocycles. The van der Waals surface area contributed by atoms with E-state index in [2.05, 4.69) is 41.3 Å². The summed E-state index contributed by atoms with van der Waals surface area (Å²) in [5.74, 6) is 0.134. The molecular formula is C28H23FN4O2S2. The second kappa shape index (κ2) is 8.05. The van der Waals surface area contributed by atoms with Gasteiger partial charge in [-0.15, -0.1) is 11.3 Å². The number of aromatic nitrogens is 3.